The van der Waals surface area contributed by atoms with Crippen LogP contribution in [0.25, 0.3) is 0 Å². The van der Waals surface area contributed by atoms with E-state index in [2.05, 4.69) is 0 Å². The van der Waals surface area contributed by atoms with E-state index >= 15 is 0 Å². The minimum atomic E-state index is -3.55. The van der Waals surface area contributed by atoms with Crippen molar-refractivity contribution in [1.82, 2.24) is 4.72 Å². The Morgan fingerprint density at radius 3 is 2.12 bits per heavy atom. The van der Waals surface area contributed by atoms with Gasteiger partial charge in [0, 0.05) is 0 Å². The molecule has 1 heterocycles. The Hall–Kier alpha value is -0.0457. The summed E-state index contributed by atoms with van der Waals surface area (Å²) in [5.74, 6) is -0.550. The van der Waals surface area contributed by atoms with Crippen LogP contribution in [-0.4, -0.2) is 43.9 Å². The maximum absolute atomic E-state index is 11.1. The Balaban J connectivity index is 0.000000511. The molecule has 0 radical (unpaired) electrons. The molecule has 80 valence electrons. The van der Waals surface area contributed by atoms with Crippen molar-refractivity contribution in [3.8, 4) is 0 Å². The molecule has 0 fully saturated rings. The molecule has 0 aromatic heterocycles. The van der Waals surface area contributed by atoms with E-state index in [1.807, 2.05) is 4.72 Å². The van der Waals surface area contributed by atoms with Gasteiger partial charge in [0.05, 0.1) is 5.56 Å². The zero-order chi connectivity index (χ0) is 11.5. The molecule has 1 aliphatic rings. The van der Waals surface area contributed by atoms with Crippen molar-refractivity contribution in [3.63, 3.8) is 0 Å². The number of hydrogen-bond acceptors (Lipinski definition) is 5. The Morgan fingerprint density at radius 1 is 1.12 bits per heavy atom. The fraction of sp³-hybridized carbons (Fsp3) is 0. The summed E-state index contributed by atoms with van der Waals surface area (Å²) in [6, 6.07) is 6.09. The van der Waals surface area contributed by atoms with Crippen molar-refractivity contribution in [2.45, 2.75) is 4.90 Å². The van der Waals surface area contributed by atoms with Crippen molar-refractivity contribution >= 4 is 45.5 Å². The third-order valence-electron chi connectivity index (χ3n) is 1.65. The molecule has 16 heavy (non-hydrogen) atoms. The normalized spacial score (nSPS) is 14.4. The fourth-order valence-electron chi connectivity index (χ4n) is 1.12. The molecule has 1 aliphatic heterocycles. The van der Waals surface area contributed by atoms with Crippen LogP contribution in [0.4, 0.5) is 0 Å². The van der Waals surface area contributed by atoms with E-state index in [1.165, 1.54) is 12.1 Å². The van der Waals surface area contributed by atoms with E-state index in [-0.39, 0.29) is 40.0 Å². The first kappa shape index (κ1) is 16.0. The molecular weight excluding hydrogens is 281 g/mol. The average Bonchev–Trinajstić information content (AvgIpc) is 2.40. The molecule has 9 heteroatoms. The van der Waals surface area contributed by atoms with Gasteiger partial charge in [-0.2, -0.15) is 0 Å². The molecule has 0 bridgehead atoms. The van der Waals surface area contributed by atoms with Crippen molar-refractivity contribution in [3.05, 3.63) is 29.8 Å². The Labute approximate surface area is 123 Å². The molecule has 0 spiro atoms. The van der Waals surface area contributed by atoms with Crippen LogP contribution in [-0.2, 0) is 35.8 Å². The molecule has 0 saturated heterocycles. The van der Waals surface area contributed by atoms with Crippen LogP contribution in [0.1, 0.15) is 10.4 Å². The molecule has 1 N–H and O–H groups in total. The summed E-state index contributed by atoms with van der Waals surface area (Å²) >= 11 is -2.00. The number of carbonyl (C=O) groups is 1. The van der Waals surface area contributed by atoms with Gasteiger partial charge in [0.2, 0.25) is 0 Å². The SMILES string of the molecule is O=C1NS(=O)(=O)c2ccccc21.[NaH].[O]=[Ti]=[O]. The number of amides is 1. The van der Waals surface area contributed by atoms with Crippen LogP contribution in [0.3, 0.4) is 0 Å². The zero-order valence-corrected chi connectivity index (χ0v) is 9.64. The number of hydrogen-bond donors (Lipinski definition) is 1. The van der Waals surface area contributed by atoms with Crippen molar-refractivity contribution in [1.29, 1.82) is 0 Å². The minimum absolute atomic E-state index is 0. The number of sulfonamides is 1. The second kappa shape index (κ2) is 6.63. The third-order valence-corrected chi connectivity index (χ3v) is 3.04. The van der Waals surface area contributed by atoms with Gasteiger partial charge in [0.1, 0.15) is 4.90 Å². The second-order valence-electron chi connectivity index (χ2n) is 2.51. The maximum atomic E-state index is 11.1. The number of rotatable bonds is 0. The molecule has 0 unspecified atom stereocenters. The van der Waals surface area contributed by atoms with E-state index in [1.54, 1.807) is 12.1 Å². The first-order valence-electron chi connectivity index (χ1n) is 3.68. The van der Waals surface area contributed by atoms with E-state index in [0.29, 0.717) is 0 Å². The Morgan fingerprint density at radius 2 is 1.62 bits per heavy atom. The predicted octanol–water partition coefficient (Wildman–Crippen LogP) is -0.770. The predicted molar refractivity (Wildman–Crippen MR) is 49.6 cm³/mol. The van der Waals surface area contributed by atoms with Crippen LogP contribution in [0.2, 0.25) is 0 Å². The van der Waals surface area contributed by atoms with E-state index in [4.69, 9.17) is 6.65 Å². The zero-order valence-electron chi connectivity index (χ0n) is 7.26. The van der Waals surface area contributed by atoms with Gasteiger partial charge < -0.3 is 0 Å². The number of fused-ring (bicyclic) bond motifs is 1. The fourth-order valence-corrected chi connectivity index (χ4v) is 2.29. The summed E-state index contributed by atoms with van der Waals surface area (Å²) < 4.78 is 41.2. The average molecular weight is 287 g/mol. The van der Waals surface area contributed by atoms with Crippen LogP contribution in [0.5, 0.6) is 0 Å². The quantitative estimate of drug-likeness (QED) is 0.632. The molecule has 1 amide bonds. The molecule has 1 aromatic carbocycles. The van der Waals surface area contributed by atoms with Gasteiger partial charge in [0.25, 0.3) is 15.9 Å². The van der Waals surface area contributed by atoms with Gasteiger partial charge in [-0.1, -0.05) is 12.1 Å². The molecule has 0 saturated carbocycles. The molecule has 0 atom stereocenters. The molecule has 0 aliphatic carbocycles. The van der Waals surface area contributed by atoms with Gasteiger partial charge >= 0.3 is 55.3 Å². The van der Waals surface area contributed by atoms with Gasteiger partial charge in [-0.15, -0.1) is 0 Å². The summed E-state index contributed by atoms with van der Waals surface area (Å²) in [4.78, 5) is 11.1. The van der Waals surface area contributed by atoms with Crippen molar-refractivity contribution in [2.24, 2.45) is 0 Å². The van der Waals surface area contributed by atoms with E-state index < -0.39 is 35.0 Å². The number of benzene rings is 1. The summed E-state index contributed by atoms with van der Waals surface area (Å²) in [5.41, 5.74) is 0.220. The Bertz CT molecular complexity index is 537. The van der Waals surface area contributed by atoms with Crippen LogP contribution in [0, 0.1) is 0 Å². The number of carbonyl (C=O) groups excluding carboxylic acids is 1. The molecule has 2 rings (SSSR count). The standard InChI is InChI=1S/C7H5NO3S.Na.2O.Ti.H/c9-7-5-3-1-2-4-6(5)12(10,11)8-7;;;;;/h1-4H,(H,8,9);;;;;. The first-order chi connectivity index (χ1) is 7.03. The summed E-state index contributed by atoms with van der Waals surface area (Å²) in [5, 5.41) is 0. The first-order valence-corrected chi connectivity index (χ1v) is 6.44. The monoisotopic (exact) mass is 287 g/mol. The summed E-state index contributed by atoms with van der Waals surface area (Å²) in [6.07, 6.45) is 0. The van der Waals surface area contributed by atoms with Crippen LogP contribution >= 0.6 is 0 Å². The van der Waals surface area contributed by atoms with Crippen molar-refractivity contribution in [2.75, 3.05) is 0 Å². The third kappa shape index (κ3) is 3.48. The van der Waals surface area contributed by atoms with Gasteiger partial charge in [0.15, 0.2) is 0 Å². The summed E-state index contributed by atoms with van der Waals surface area (Å²) in [6.45, 7) is 0. The van der Waals surface area contributed by atoms with Crippen LogP contribution in [0.15, 0.2) is 29.2 Å². The van der Waals surface area contributed by atoms with Gasteiger partial charge in [-0.25, -0.2) is 13.1 Å². The molecule has 1 aromatic rings. The second-order valence-corrected chi connectivity index (χ2v) is 4.43. The number of nitrogens with one attached hydrogen (secondary N) is 1. The van der Waals surface area contributed by atoms with E-state index in [9.17, 15) is 13.2 Å². The molecule has 6 nitrogen and oxygen atoms in total. The summed E-state index contributed by atoms with van der Waals surface area (Å²) in [7, 11) is -3.55. The topological polar surface area (TPSA) is 97.4 Å². The van der Waals surface area contributed by atoms with Gasteiger partial charge in [-0.3, -0.25) is 4.79 Å². The van der Waals surface area contributed by atoms with Crippen LogP contribution < -0.4 is 4.72 Å². The Kier molecular flexibility index (Phi) is 6.61. The van der Waals surface area contributed by atoms with Gasteiger partial charge in [-0.05, 0) is 12.1 Å². The molecular formula is C7H6NNaO5STi. The van der Waals surface area contributed by atoms with Crippen molar-refractivity contribution < 1.29 is 39.0 Å². The van der Waals surface area contributed by atoms with E-state index in [0.717, 1.165) is 0 Å².